The summed E-state index contributed by atoms with van der Waals surface area (Å²) in [5, 5.41) is -0.291. The Morgan fingerprint density at radius 1 is 1.10 bits per heavy atom. The van der Waals surface area contributed by atoms with Crippen molar-refractivity contribution in [3.63, 3.8) is 0 Å². The summed E-state index contributed by atoms with van der Waals surface area (Å²) in [6.07, 6.45) is 0.210. The zero-order valence-electron chi connectivity index (χ0n) is 10.8. The van der Waals surface area contributed by atoms with Gasteiger partial charge in [-0.15, -0.1) is 0 Å². The Kier molecular flexibility index (Phi) is 4.35. The predicted octanol–water partition coefficient (Wildman–Crippen LogP) is 4.31. The summed E-state index contributed by atoms with van der Waals surface area (Å²) in [5.74, 6) is -1.78. The average Bonchev–Trinajstić information content (AvgIpc) is 2.38. The van der Waals surface area contributed by atoms with E-state index >= 15 is 0 Å². The lowest BCUT2D eigenvalue weighted by Gasteiger charge is -2.15. The first-order valence-electron chi connectivity index (χ1n) is 6.03. The highest BCUT2D eigenvalue weighted by Gasteiger charge is 2.16. The highest BCUT2D eigenvalue weighted by Crippen LogP contribution is 2.26. The van der Waals surface area contributed by atoms with E-state index in [2.05, 4.69) is 0 Å². The summed E-state index contributed by atoms with van der Waals surface area (Å²) >= 11 is 5.49. The molecule has 2 aromatic carbocycles. The minimum absolute atomic E-state index is 0.0237. The largest absolute Gasteiger partial charge is 0.324 e. The predicted molar refractivity (Wildman–Crippen MR) is 73.1 cm³/mol. The zero-order chi connectivity index (χ0) is 14.9. The normalized spacial score (nSPS) is 12.5. The number of halogens is 4. The second-order valence-corrected chi connectivity index (χ2v) is 5.08. The summed E-state index contributed by atoms with van der Waals surface area (Å²) in [5.41, 5.74) is 7.42. The fourth-order valence-electron chi connectivity index (χ4n) is 2.03. The molecule has 0 bridgehead atoms. The molecule has 0 aliphatic heterocycles. The summed E-state index contributed by atoms with van der Waals surface area (Å²) in [6, 6.07) is 5.41. The Labute approximate surface area is 120 Å². The first kappa shape index (κ1) is 14.9. The summed E-state index contributed by atoms with van der Waals surface area (Å²) in [6.45, 7) is 1.81. The smallest absolute Gasteiger partial charge is 0.142 e. The second-order valence-electron chi connectivity index (χ2n) is 4.67. The van der Waals surface area contributed by atoms with Crippen molar-refractivity contribution in [1.82, 2.24) is 0 Å². The molecule has 0 saturated heterocycles. The van der Waals surface area contributed by atoms with E-state index in [-0.39, 0.29) is 22.8 Å². The van der Waals surface area contributed by atoms with Crippen LogP contribution >= 0.6 is 11.6 Å². The van der Waals surface area contributed by atoms with Crippen LogP contribution in [0.2, 0.25) is 5.02 Å². The molecule has 1 unspecified atom stereocenters. The van der Waals surface area contributed by atoms with Gasteiger partial charge in [0.25, 0.3) is 0 Å². The molecule has 0 spiro atoms. The zero-order valence-corrected chi connectivity index (χ0v) is 11.5. The van der Waals surface area contributed by atoms with Gasteiger partial charge in [0.1, 0.15) is 17.5 Å². The van der Waals surface area contributed by atoms with Crippen LogP contribution in [0.4, 0.5) is 13.2 Å². The molecule has 0 saturated carbocycles. The molecular weight excluding hydrogens is 287 g/mol. The Balaban J connectivity index is 2.30. The number of nitrogens with two attached hydrogens (primary N) is 1. The topological polar surface area (TPSA) is 26.0 Å². The van der Waals surface area contributed by atoms with Crippen LogP contribution < -0.4 is 5.73 Å². The highest BCUT2D eigenvalue weighted by atomic mass is 35.5. The molecule has 0 radical (unpaired) electrons. The SMILES string of the molecule is Cc1ccc(F)cc1CC(N)c1cc(F)c(Cl)cc1F. The second kappa shape index (κ2) is 5.85. The maximum atomic E-state index is 13.8. The molecule has 5 heteroatoms. The fourth-order valence-corrected chi connectivity index (χ4v) is 2.18. The van der Waals surface area contributed by atoms with E-state index in [9.17, 15) is 13.2 Å². The van der Waals surface area contributed by atoms with Gasteiger partial charge >= 0.3 is 0 Å². The molecule has 0 fully saturated rings. The summed E-state index contributed by atoms with van der Waals surface area (Å²) in [4.78, 5) is 0. The monoisotopic (exact) mass is 299 g/mol. The van der Waals surface area contributed by atoms with Gasteiger partial charge in [0.2, 0.25) is 0 Å². The van der Waals surface area contributed by atoms with Gasteiger partial charge in [0.15, 0.2) is 0 Å². The van der Waals surface area contributed by atoms with Gasteiger partial charge in [0.05, 0.1) is 5.02 Å². The van der Waals surface area contributed by atoms with Crippen LogP contribution in [0.1, 0.15) is 22.7 Å². The van der Waals surface area contributed by atoms with Gasteiger partial charge in [-0.2, -0.15) is 0 Å². The van der Waals surface area contributed by atoms with Crippen LogP contribution in [-0.4, -0.2) is 0 Å². The number of aryl methyl sites for hydroxylation is 1. The van der Waals surface area contributed by atoms with Gasteiger partial charge in [0, 0.05) is 11.6 Å². The van der Waals surface area contributed by atoms with Crippen LogP contribution in [-0.2, 0) is 6.42 Å². The summed E-state index contributed by atoms with van der Waals surface area (Å²) in [7, 11) is 0. The Bertz CT molecular complexity index is 643. The van der Waals surface area contributed by atoms with Crippen molar-refractivity contribution in [1.29, 1.82) is 0 Å². The van der Waals surface area contributed by atoms with E-state index in [0.717, 1.165) is 17.7 Å². The maximum absolute atomic E-state index is 13.8. The number of rotatable bonds is 3. The number of benzene rings is 2. The van der Waals surface area contributed by atoms with Crippen molar-refractivity contribution in [3.05, 3.63) is 69.5 Å². The molecule has 2 rings (SSSR count). The third kappa shape index (κ3) is 3.14. The van der Waals surface area contributed by atoms with Gasteiger partial charge in [-0.25, -0.2) is 13.2 Å². The van der Waals surface area contributed by atoms with Crippen LogP contribution in [0, 0.1) is 24.4 Å². The van der Waals surface area contributed by atoms with Gasteiger partial charge in [-0.1, -0.05) is 17.7 Å². The minimum Gasteiger partial charge on any atom is -0.324 e. The van der Waals surface area contributed by atoms with Gasteiger partial charge in [-0.3, -0.25) is 0 Å². The Morgan fingerprint density at radius 2 is 1.80 bits per heavy atom. The lowest BCUT2D eigenvalue weighted by molar-refractivity contribution is 0.560. The van der Waals surface area contributed by atoms with Crippen LogP contribution in [0.15, 0.2) is 30.3 Å². The van der Waals surface area contributed by atoms with Crippen molar-refractivity contribution in [2.75, 3.05) is 0 Å². The third-order valence-corrected chi connectivity index (χ3v) is 3.48. The van der Waals surface area contributed by atoms with Crippen molar-refractivity contribution in [2.24, 2.45) is 5.73 Å². The first-order valence-corrected chi connectivity index (χ1v) is 6.41. The van der Waals surface area contributed by atoms with Crippen molar-refractivity contribution in [3.8, 4) is 0 Å². The van der Waals surface area contributed by atoms with Crippen molar-refractivity contribution < 1.29 is 13.2 Å². The molecule has 0 aliphatic rings. The van der Waals surface area contributed by atoms with E-state index in [1.807, 2.05) is 0 Å². The van der Waals surface area contributed by atoms with Crippen molar-refractivity contribution >= 4 is 11.6 Å². The number of hydrogen-bond acceptors (Lipinski definition) is 1. The quantitative estimate of drug-likeness (QED) is 0.840. The standard InChI is InChI=1S/C15H13ClF3N/c1-8-2-3-10(17)4-9(8)5-15(20)11-6-14(19)12(16)7-13(11)18/h2-4,6-7,15H,5,20H2,1H3. The van der Waals surface area contributed by atoms with E-state index in [1.165, 1.54) is 12.1 Å². The highest BCUT2D eigenvalue weighted by molar-refractivity contribution is 6.30. The molecule has 20 heavy (non-hydrogen) atoms. The van der Waals surface area contributed by atoms with Gasteiger partial charge in [-0.05, 0) is 48.7 Å². The number of hydrogen-bond donors (Lipinski definition) is 1. The van der Waals surface area contributed by atoms with E-state index in [4.69, 9.17) is 17.3 Å². The molecule has 2 N–H and O–H groups in total. The molecule has 0 heterocycles. The molecular formula is C15H13ClF3N. The lowest BCUT2D eigenvalue weighted by atomic mass is 9.96. The van der Waals surface area contributed by atoms with Crippen LogP contribution in [0.25, 0.3) is 0 Å². The molecule has 1 nitrogen and oxygen atoms in total. The molecule has 106 valence electrons. The Morgan fingerprint density at radius 3 is 2.50 bits per heavy atom. The third-order valence-electron chi connectivity index (χ3n) is 3.19. The minimum atomic E-state index is -0.776. The van der Waals surface area contributed by atoms with E-state index in [0.29, 0.717) is 5.56 Å². The lowest BCUT2D eigenvalue weighted by Crippen LogP contribution is -2.16. The van der Waals surface area contributed by atoms with Crippen LogP contribution in [0.3, 0.4) is 0 Å². The van der Waals surface area contributed by atoms with E-state index in [1.54, 1.807) is 13.0 Å². The van der Waals surface area contributed by atoms with E-state index < -0.39 is 17.7 Å². The Hall–Kier alpha value is -1.52. The molecule has 1 atom stereocenters. The molecule has 0 amide bonds. The molecule has 0 aliphatic carbocycles. The molecule has 0 aromatic heterocycles. The first-order chi connectivity index (χ1) is 9.38. The summed E-state index contributed by atoms with van der Waals surface area (Å²) < 4.78 is 40.3. The molecule has 2 aromatic rings. The van der Waals surface area contributed by atoms with Crippen molar-refractivity contribution in [2.45, 2.75) is 19.4 Å². The maximum Gasteiger partial charge on any atom is 0.142 e. The van der Waals surface area contributed by atoms with Crippen LogP contribution in [0.5, 0.6) is 0 Å². The van der Waals surface area contributed by atoms with Gasteiger partial charge < -0.3 is 5.73 Å². The average molecular weight is 300 g/mol. The fraction of sp³-hybridized carbons (Fsp3) is 0.200.